The molecule has 0 bridgehead atoms. The summed E-state index contributed by atoms with van der Waals surface area (Å²) in [5, 5.41) is 16.1. The van der Waals surface area contributed by atoms with Gasteiger partial charge in [0.25, 0.3) is 0 Å². The molecule has 2 atom stereocenters. The Labute approximate surface area is 238 Å². The monoisotopic (exact) mass is 557 g/mol. The van der Waals surface area contributed by atoms with Gasteiger partial charge in [-0.1, -0.05) is 79.8 Å². The molecule has 0 radical (unpaired) electrons. The van der Waals surface area contributed by atoms with Crippen LogP contribution in [-0.2, 0) is 27.2 Å². The second-order valence-corrected chi connectivity index (χ2v) is 16.7. The average Bonchev–Trinajstić information content (AvgIpc) is 2.91. The van der Waals surface area contributed by atoms with E-state index < -0.39 is 26.1 Å². The second kappa shape index (κ2) is 14.9. The number of rotatable bonds is 14. The van der Waals surface area contributed by atoms with E-state index in [4.69, 9.17) is 9.47 Å². The Balaban J connectivity index is 1.60. The average molecular weight is 558 g/mol. The third kappa shape index (κ3) is 10.9. The summed E-state index contributed by atoms with van der Waals surface area (Å²) >= 11 is 0. The molecule has 3 aromatic carbocycles. The first-order valence-corrected chi connectivity index (χ1v) is 17.3. The molecule has 0 aliphatic rings. The highest BCUT2D eigenvalue weighted by Gasteiger charge is 2.23. The van der Waals surface area contributed by atoms with Crippen molar-refractivity contribution in [3.8, 4) is 11.8 Å². The summed E-state index contributed by atoms with van der Waals surface area (Å²) in [7, 11) is -1.28. The highest BCUT2D eigenvalue weighted by atomic mass is 28.3. The number of benzene rings is 3. The number of ether oxygens (including phenoxy) is 2. The van der Waals surface area contributed by atoms with Gasteiger partial charge < -0.3 is 20.1 Å². The van der Waals surface area contributed by atoms with Crippen LogP contribution in [0.5, 0.6) is 5.75 Å². The quantitative estimate of drug-likeness (QED) is 0.200. The summed E-state index contributed by atoms with van der Waals surface area (Å²) in [4.78, 5) is 25.4. The number of carbonyl (C=O) groups is 2. The predicted octanol–water partition coefficient (Wildman–Crippen LogP) is 5.53. The third-order valence-electron chi connectivity index (χ3n) is 6.24. The van der Waals surface area contributed by atoms with Gasteiger partial charge in [0.2, 0.25) is 5.91 Å². The predicted molar refractivity (Wildman–Crippen MR) is 161 cm³/mol. The van der Waals surface area contributed by atoms with Gasteiger partial charge in [-0.3, -0.25) is 4.79 Å². The Morgan fingerprint density at radius 2 is 1.62 bits per heavy atom. The zero-order valence-electron chi connectivity index (χ0n) is 23.8. The highest BCUT2D eigenvalue weighted by molar-refractivity contribution is 6.76. The number of aryl methyl sites for hydroxylation is 1. The molecule has 0 aromatic heterocycles. The Hall–Kier alpha value is -4.09. The minimum atomic E-state index is -1.28. The lowest BCUT2D eigenvalue weighted by Crippen LogP contribution is -2.46. The molecule has 3 aromatic rings. The van der Waals surface area contributed by atoms with Gasteiger partial charge in [-0.2, -0.15) is 5.26 Å². The van der Waals surface area contributed by atoms with Crippen LogP contribution in [0.4, 0.5) is 5.69 Å². The van der Waals surface area contributed by atoms with Crippen molar-refractivity contribution in [2.24, 2.45) is 0 Å². The molecular formula is C32H39N3O4Si. The lowest BCUT2D eigenvalue weighted by Gasteiger charge is -2.22. The van der Waals surface area contributed by atoms with E-state index in [-0.39, 0.29) is 12.5 Å². The van der Waals surface area contributed by atoms with E-state index in [2.05, 4.69) is 42.4 Å². The Morgan fingerprint density at radius 1 is 0.925 bits per heavy atom. The van der Waals surface area contributed by atoms with E-state index >= 15 is 0 Å². The molecule has 210 valence electrons. The molecule has 3 rings (SSSR count). The number of hydrogen-bond acceptors (Lipinski definition) is 6. The number of amides is 1. The van der Waals surface area contributed by atoms with Gasteiger partial charge in [-0.15, -0.1) is 0 Å². The number of carbonyl (C=O) groups excluding carboxylic acids is 2. The van der Waals surface area contributed by atoms with Crippen molar-refractivity contribution in [1.29, 1.82) is 5.26 Å². The third-order valence-corrected chi connectivity index (χ3v) is 7.94. The first kappa shape index (κ1) is 30.4. The molecule has 0 heterocycles. The SMILES string of the molecule is Cc1cccc(C[C@H](Nc2ccccc2)C(=O)N[C@H](C#N)Cc2cccc(OCC(=O)OCC[Si](C)(C)C)c2)c1. The Kier molecular flexibility index (Phi) is 11.3. The molecular weight excluding hydrogens is 518 g/mol. The fraction of sp³-hybridized carbons (Fsp3) is 0.344. The van der Waals surface area contributed by atoms with Gasteiger partial charge >= 0.3 is 5.97 Å². The highest BCUT2D eigenvalue weighted by Crippen LogP contribution is 2.17. The second-order valence-electron chi connectivity index (χ2n) is 11.1. The first-order chi connectivity index (χ1) is 19.1. The number of para-hydroxylation sites is 1. The van der Waals surface area contributed by atoms with Crippen molar-refractivity contribution in [2.75, 3.05) is 18.5 Å². The van der Waals surface area contributed by atoms with Crippen molar-refractivity contribution in [3.05, 3.63) is 95.6 Å². The molecule has 2 N–H and O–H groups in total. The molecule has 8 heteroatoms. The van der Waals surface area contributed by atoms with Crippen LogP contribution in [-0.4, -0.2) is 45.2 Å². The normalized spacial score (nSPS) is 12.5. The summed E-state index contributed by atoms with van der Waals surface area (Å²) in [6, 6.07) is 26.6. The molecule has 0 saturated carbocycles. The minimum absolute atomic E-state index is 0.181. The molecule has 0 aliphatic carbocycles. The lowest BCUT2D eigenvalue weighted by molar-refractivity contribution is -0.145. The number of esters is 1. The van der Waals surface area contributed by atoms with Crippen LogP contribution in [0.25, 0.3) is 0 Å². The van der Waals surface area contributed by atoms with Crippen LogP contribution in [0, 0.1) is 18.3 Å². The first-order valence-electron chi connectivity index (χ1n) is 13.6. The number of nitriles is 1. The van der Waals surface area contributed by atoms with E-state index in [1.54, 1.807) is 18.2 Å². The fourth-order valence-electron chi connectivity index (χ4n) is 4.07. The standard InChI is InChI=1S/C32H39N3O4Si/c1-24-10-8-11-25(18-24)21-30(34-27-13-6-5-7-14-27)32(37)35-28(22-33)19-26-12-9-15-29(20-26)39-23-31(36)38-16-17-40(2,3)4/h5-15,18,20,28,30,34H,16-17,19,21,23H2,1-4H3,(H,35,37)/t28-,30-/m0/s1. The summed E-state index contributed by atoms with van der Waals surface area (Å²) in [6.07, 6.45) is 0.764. The van der Waals surface area contributed by atoms with Gasteiger partial charge in [0.15, 0.2) is 6.61 Å². The van der Waals surface area contributed by atoms with Gasteiger partial charge in [0, 0.05) is 26.6 Å². The van der Waals surface area contributed by atoms with E-state index in [9.17, 15) is 14.9 Å². The van der Waals surface area contributed by atoms with Gasteiger partial charge in [0.1, 0.15) is 17.8 Å². The Morgan fingerprint density at radius 3 is 2.30 bits per heavy atom. The van der Waals surface area contributed by atoms with Gasteiger partial charge in [-0.05, 0) is 48.4 Å². The summed E-state index contributed by atoms with van der Waals surface area (Å²) < 4.78 is 10.9. The maximum Gasteiger partial charge on any atom is 0.344 e. The summed E-state index contributed by atoms with van der Waals surface area (Å²) in [6.45, 7) is 8.92. The van der Waals surface area contributed by atoms with E-state index in [1.807, 2.05) is 61.5 Å². The summed E-state index contributed by atoms with van der Waals surface area (Å²) in [5.74, 6) is -0.160. The lowest BCUT2D eigenvalue weighted by atomic mass is 10.0. The van der Waals surface area contributed by atoms with Crippen LogP contribution >= 0.6 is 0 Å². The van der Waals surface area contributed by atoms with E-state index in [1.165, 1.54) is 0 Å². The number of nitrogens with one attached hydrogen (secondary N) is 2. The van der Waals surface area contributed by atoms with Crippen LogP contribution in [0.1, 0.15) is 16.7 Å². The smallest absolute Gasteiger partial charge is 0.344 e. The van der Waals surface area contributed by atoms with Crippen molar-refractivity contribution >= 4 is 25.6 Å². The topological polar surface area (TPSA) is 100 Å². The maximum absolute atomic E-state index is 13.4. The van der Waals surface area contributed by atoms with Crippen molar-refractivity contribution in [2.45, 2.75) is 57.5 Å². The zero-order chi connectivity index (χ0) is 29.0. The molecule has 0 spiro atoms. The van der Waals surface area contributed by atoms with E-state index in [0.29, 0.717) is 25.2 Å². The molecule has 0 aliphatic heterocycles. The number of anilines is 1. The van der Waals surface area contributed by atoms with Crippen LogP contribution in [0.2, 0.25) is 25.7 Å². The molecule has 0 fully saturated rings. The number of hydrogen-bond donors (Lipinski definition) is 2. The van der Waals surface area contributed by atoms with Crippen LogP contribution in [0.15, 0.2) is 78.9 Å². The number of nitrogens with zero attached hydrogens (tertiary/aromatic N) is 1. The molecule has 0 saturated heterocycles. The van der Waals surface area contributed by atoms with E-state index in [0.717, 1.165) is 28.4 Å². The van der Waals surface area contributed by atoms with Crippen molar-refractivity contribution in [1.82, 2.24) is 5.32 Å². The van der Waals surface area contributed by atoms with Crippen LogP contribution in [0.3, 0.4) is 0 Å². The molecule has 7 nitrogen and oxygen atoms in total. The van der Waals surface area contributed by atoms with Gasteiger partial charge in [0.05, 0.1) is 12.7 Å². The molecule has 0 unspecified atom stereocenters. The maximum atomic E-state index is 13.4. The van der Waals surface area contributed by atoms with Crippen molar-refractivity contribution < 1.29 is 19.1 Å². The van der Waals surface area contributed by atoms with Gasteiger partial charge in [-0.25, -0.2) is 4.79 Å². The van der Waals surface area contributed by atoms with Crippen LogP contribution < -0.4 is 15.4 Å². The summed E-state index contributed by atoms with van der Waals surface area (Å²) in [5.41, 5.74) is 3.78. The zero-order valence-corrected chi connectivity index (χ0v) is 24.8. The largest absolute Gasteiger partial charge is 0.482 e. The molecule has 40 heavy (non-hydrogen) atoms. The fourth-order valence-corrected chi connectivity index (χ4v) is 4.79. The Bertz CT molecular complexity index is 1300. The minimum Gasteiger partial charge on any atom is -0.482 e. The van der Waals surface area contributed by atoms with Crippen molar-refractivity contribution in [3.63, 3.8) is 0 Å². The molecule has 1 amide bonds.